The predicted octanol–water partition coefficient (Wildman–Crippen LogP) is 31.5. The van der Waals surface area contributed by atoms with Crippen LogP contribution in [0, 0.1) is 75.2 Å². The van der Waals surface area contributed by atoms with Crippen LogP contribution in [0.4, 0.5) is 137 Å². The summed E-state index contributed by atoms with van der Waals surface area (Å²) >= 11 is 0. The molecule has 0 bridgehead atoms. The van der Waals surface area contributed by atoms with E-state index in [1.165, 1.54) is 22.7 Å². The fourth-order valence-corrected chi connectivity index (χ4v) is 16.2. The molecule has 9 heterocycles. The van der Waals surface area contributed by atoms with Crippen molar-refractivity contribution in [3.8, 4) is 0 Å². The molecule has 150 heavy (non-hydrogen) atoms. The molecule has 5 aromatic heterocycles. The molecule has 4 aliphatic rings. The molecule has 21 heteroatoms. The second kappa shape index (κ2) is 57.4. The summed E-state index contributed by atoms with van der Waals surface area (Å²) < 4.78 is 0. The van der Waals surface area contributed by atoms with Gasteiger partial charge in [0.2, 0.25) is 0 Å². The minimum atomic E-state index is 0. The number of fused-ring (bicyclic) bond motifs is 3. The molecule has 0 saturated heterocycles. The molecular formula is C129H101Ir4N17. The van der Waals surface area contributed by atoms with Crippen LogP contribution in [0.3, 0.4) is 0 Å². The van der Waals surface area contributed by atoms with Crippen LogP contribution >= 0.6 is 0 Å². The Bertz CT molecular complexity index is 6360. The molecule has 738 valence electrons. The molecule has 21 aromatic rings. The maximum atomic E-state index is 4.44. The van der Waals surface area contributed by atoms with E-state index in [9.17, 15) is 0 Å². The van der Waals surface area contributed by atoms with Crippen LogP contribution in [-0.2, 0) is 80.4 Å². The SMILES string of the molecule is CN1[CH-]N(c2[c-]cccc2)c2ccccc21.CN1[CH-]N(c2[c-]cccc2)c2cccnc21.[Ir+3].[Ir+3].[Ir+3].[Ir+3].[c-]1ccccc1N(c1ccccc1)c1ccccn1.[c-]1ccccc1N(c1ccccc1)c1ccccn1.[c-]1ccccc1N(c1ccccc1)c1ccccn1.[c-]1ccccc1N(c1ccccc1)c1ccccn1.[c-]1ccccc1N1C=CN(c2ccccc2)[CH-]1.[c-]1ccccc1N1[CH-]N(c2ccccc2)c2ccccc21. The molecule has 0 N–H and O–H groups in total. The molecule has 0 aliphatic carbocycles. The van der Waals surface area contributed by atoms with Crippen molar-refractivity contribution in [1.29, 1.82) is 0 Å². The first-order valence-corrected chi connectivity index (χ1v) is 47.7. The Morgan fingerprint density at radius 1 is 0.193 bits per heavy atom. The summed E-state index contributed by atoms with van der Waals surface area (Å²) in [7, 11) is 4.05. The number of hydrogen-bond acceptors (Lipinski definition) is 17. The molecule has 16 aromatic carbocycles. The number of benzene rings is 16. The maximum Gasteiger partial charge on any atom is 3.00 e. The minimum absolute atomic E-state index is 0. The predicted molar refractivity (Wildman–Crippen MR) is 599 cm³/mol. The molecule has 4 aliphatic heterocycles. The molecule has 0 radical (unpaired) electrons. The molecule has 0 unspecified atom stereocenters. The summed E-state index contributed by atoms with van der Waals surface area (Å²) in [6, 6.07) is 195. The van der Waals surface area contributed by atoms with Gasteiger partial charge in [0.1, 0.15) is 29.1 Å². The van der Waals surface area contributed by atoms with E-state index in [0.717, 1.165) is 114 Å². The van der Waals surface area contributed by atoms with E-state index in [-0.39, 0.29) is 80.4 Å². The van der Waals surface area contributed by atoms with E-state index >= 15 is 0 Å². The average Bonchev–Trinajstić information content (AvgIpc) is 1.63. The van der Waals surface area contributed by atoms with Crippen molar-refractivity contribution in [1.82, 2.24) is 24.9 Å². The zero-order valence-electron chi connectivity index (χ0n) is 81.8. The summed E-state index contributed by atoms with van der Waals surface area (Å²) in [5.41, 5.74) is 20.6. The third kappa shape index (κ3) is 28.9. The second-order valence-electron chi connectivity index (χ2n) is 32.7. The van der Waals surface area contributed by atoms with Gasteiger partial charge in [-0.1, -0.05) is 180 Å². The Labute approximate surface area is 935 Å². The first-order valence-electron chi connectivity index (χ1n) is 47.7. The van der Waals surface area contributed by atoms with E-state index in [2.05, 4.69) is 294 Å². The Hall–Kier alpha value is -16.8. The Morgan fingerprint density at radius 2 is 0.453 bits per heavy atom. The Balaban J connectivity index is 0.000000135. The molecule has 25 rings (SSSR count). The summed E-state index contributed by atoms with van der Waals surface area (Å²) in [4.78, 5) is 47.3. The number of anilines is 24. The maximum absolute atomic E-state index is 4.44. The molecule has 17 nitrogen and oxygen atoms in total. The van der Waals surface area contributed by atoms with E-state index in [1.807, 2.05) is 401 Å². The van der Waals surface area contributed by atoms with Crippen LogP contribution in [-0.4, -0.2) is 39.0 Å². The molecule has 0 atom stereocenters. The number of rotatable bonds is 18. The largest absolute Gasteiger partial charge is 3.00 e. The van der Waals surface area contributed by atoms with E-state index in [0.29, 0.717) is 0 Å². The second-order valence-corrected chi connectivity index (χ2v) is 32.7. The van der Waals surface area contributed by atoms with Crippen molar-refractivity contribution in [3.63, 3.8) is 0 Å². The Morgan fingerprint density at radius 3 is 0.787 bits per heavy atom. The molecular weight excluding hydrogens is 2560 g/mol. The van der Waals surface area contributed by atoms with Gasteiger partial charge in [0, 0.05) is 87.9 Å². The van der Waals surface area contributed by atoms with Crippen LogP contribution < -0.4 is 58.8 Å². The molecule has 0 saturated carbocycles. The van der Waals surface area contributed by atoms with Gasteiger partial charge >= 0.3 is 80.4 Å². The number of pyridine rings is 5. The van der Waals surface area contributed by atoms with Crippen LogP contribution in [0.1, 0.15) is 0 Å². The number of hydrogen-bond donors (Lipinski definition) is 0. The Kier molecular flexibility index (Phi) is 41.6. The van der Waals surface area contributed by atoms with E-state index in [4.69, 9.17) is 0 Å². The number of aromatic nitrogens is 5. The third-order valence-corrected chi connectivity index (χ3v) is 22.9. The minimum Gasteiger partial charge on any atom is -0.504 e. The van der Waals surface area contributed by atoms with Gasteiger partial charge in [-0.05, 0) is 184 Å². The molecule has 0 fully saturated rings. The van der Waals surface area contributed by atoms with Crippen molar-refractivity contribution in [2.24, 2.45) is 0 Å². The van der Waals surface area contributed by atoms with E-state index < -0.39 is 0 Å². The van der Waals surface area contributed by atoms with Gasteiger partial charge in [0.15, 0.2) is 0 Å². The fraction of sp³-hybridized carbons (Fsp3) is 0.0155. The van der Waals surface area contributed by atoms with Gasteiger partial charge < -0.3 is 58.8 Å². The summed E-state index contributed by atoms with van der Waals surface area (Å²) in [6.45, 7) is 8.26. The van der Waals surface area contributed by atoms with Crippen molar-refractivity contribution < 1.29 is 80.4 Å². The molecule has 0 spiro atoms. The monoisotopic (exact) mass is 2660 g/mol. The standard InChI is InChI=1S/C19H14N2.4C17H13N2.C15H12N2.C14H12N2.C13H11N3.4Ir/c1-3-9-16(10-4-1)20-15-21(17-11-5-2-6-12-17)19-14-8-7-13-18(19)20;4*1-3-9-15(10-4-1)19(16-11-5-2-6-12-16)17-13-7-8-14-18-17;1-3-7-14(8-4-1)16-11-12-17(13-16)15-9-5-2-6-10-15;1-15-11-16(12-7-3-2-4-8-12)14-10-6-5-9-13(14)15;1-15-10-16(11-6-3-2-4-7-11)12-8-5-9-14-13(12)15;;;;/h1-11,13-15H;4*1-11,13-14H;1-9,11-13H;2-7,9-11H,1H3;2-6,8-10H,1H3;;;;/q-2;4*-1;3*-2;4*+3. The topological polar surface area (TPSA) is 103 Å². The van der Waals surface area contributed by atoms with Gasteiger partial charge in [0.05, 0.1) is 5.69 Å². The smallest absolute Gasteiger partial charge is 0.504 e. The van der Waals surface area contributed by atoms with Crippen LogP contribution in [0.15, 0.2) is 553 Å². The van der Waals surface area contributed by atoms with Crippen molar-refractivity contribution >= 4 is 137 Å². The van der Waals surface area contributed by atoms with Crippen molar-refractivity contribution in [3.05, 3.63) is 628 Å². The zero-order chi connectivity index (χ0) is 99.2. The average molecular weight is 2660 g/mol. The summed E-state index contributed by atoms with van der Waals surface area (Å²) in [5.74, 6) is 4.51. The number of nitrogens with zero attached hydrogens (tertiary/aromatic N) is 17. The van der Waals surface area contributed by atoms with Gasteiger partial charge in [-0.2, -0.15) is 232 Å². The van der Waals surface area contributed by atoms with Crippen LogP contribution in [0.5, 0.6) is 0 Å². The number of para-hydroxylation sites is 18. The first-order chi connectivity index (χ1) is 72.4. The van der Waals surface area contributed by atoms with Crippen LogP contribution in [0.25, 0.3) is 0 Å². The van der Waals surface area contributed by atoms with Crippen molar-refractivity contribution in [2.45, 2.75) is 0 Å². The fourth-order valence-electron chi connectivity index (χ4n) is 16.2. The van der Waals surface area contributed by atoms with Gasteiger partial charge in [0.25, 0.3) is 0 Å². The summed E-state index contributed by atoms with van der Waals surface area (Å²) in [6.07, 6.45) is 13.1. The van der Waals surface area contributed by atoms with Gasteiger partial charge in [-0.3, -0.25) is 0 Å². The van der Waals surface area contributed by atoms with Gasteiger partial charge in [-0.25, -0.2) is 24.9 Å². The zero-order valence-corrected chi connectivity index (χ0v) is 91.4. The summed E-state index contributed by atoms with van der Waals surface area (Å²) in [5, 5.41) is 0. The quantitative estimate of drug-likeness (QED) is 0.0761. The molecule has 0 amide bonds. The first kappa shape index (κ1) is 109. The van der Waals surface area contributed by atoms with Crippen LogP contribution in [0.2, 0.25) is 0 Å². The van der Waals surface area contributed by atoms with Gasteiger partial charge in [-0.15, -0.1) is 60.4 Å². The van der Waals surface area contributed by atoms with E-state index in [1.54, 1.807) is 31.0 Å². The third-order valence-electron chi connectivity index (χ3n) is 22.9. The normalized spacial score (nSPS) is 11.6. The van der Waals surface area contributed by atoms with Crippen molar-refractivity contribution in [2.75, 3.05) is 72.9 Å².